The number of anilines is 1. The first-order valence-electron chi connectivity index (χ1n) is 5.44. The minimum Gasteiger partial charge on any atom is -0.345 e. The van der Waals surface area contributed by atoms with Crippen molar-refractivity contribution in [3.8, 4) is 0 Å². The zero-order valence-electron chi connectivity index (χ0n) is 9.35. The molecule has 0 radical (unpaired) electrons. The van der Waals surface area contributed by atoms with Crippen LogP contribution >= 0.6 is 0 Å². The predicted molar refractivity (Wildman–Crippen MR) is 65.8 cm³/mol. The maximum atomic E-state index is 2.33. The molecule has 1 aromatic rings. The highest BCUT2D eigenvalue weighted by Gasteiger charge is 2.08. The lowest BCUT2D eigenvalue weighted by atomic mass is 10.0. The van der Waals surface area contributed by atoms with Crippen LogP contribution in [0.1, 0.15) is 13.3 Å². The minimum absolute atomic E-state index is 0.649. The average Bonchev–Trinajstić information content (AvgIpc) is 2.29. The molecule has 1 aliphatic rings. The van der Waals surface area contributed by atoms with Crippen LogP contribution in [0.5, 0.6) is 0 Å². The number of hydrogen-bond donors (Lipinski definition) is 0. The van der Waals surface area contributed by atoms with E-state index in [9.17, 15) is 0 Å². The van der Waals surface area contributed by atoms with Gasteiger partial charge in [0.1, 0.15) is 0 Å². The van der Waals surface area contributed by atoms with Gasteiger partial charge in [0.15, 0.2) is 0 Å². The molecule has 1 nitrogen and oxygen atoms in total. The quantitative estimate of drug-likeness (QED) is 0.703. The van der Waals surface area contributed by atoms with Crippen molar-refractivity contribution in [1.82, 2.24) is 0 Å². The maximum absolute atomic E-state index is 2.33. The van der Waals surface area contributed by atoms with Crippen LogP contribution in [0.15, 0.2) is 54.3 Å². The Bertz CT molecular complexity index is 376. The standard InChI is InChI=1S/C14H17N/c1-12-7-6-10-14(11-12)15(2)13-8-4-3-5-9-13/h3-6,8-12H,7H2,1-2H3/t12-/m1/s1. The molecule has 0 aliphatic heterocycles. The fraction of sp³-hybridized carbons (Fsp3) is 0.286. The van der Waals surface area contributed by atoms with Crippen LogP contribution in [0.4, 0.5) is 5.69 Å². The van der Waals surface area contributed by atoms with Crippen molar-refractivity contribution in [2.45, 2.75) is 13.3 Å². The van der Waals surface area contributed by atoms with E-state index in [1.54, 1.807) is 0 Å². The van der Waals surface area contributed by atoms with E-state index in [0.29, 0.717) is 5.92 Å². The van der Waals surface area contributed by atoms with E-state index in [1.165, 1.54) is 11.4 Å². The number of allylic oxidation sites excluding steroid dienone is 3. The van der Waals surface area contributed by atoms with Gasteiger partial charge in [-0.3, -0.25) is 0 Å². The number of benzene rings is 1. The molecule has 1 heteroatoms. The fourth-order valence-electron chi connectivity index (χ4n) is 1.84. The largest absolute Gasteiger partial charge is 0.345 e. The van der Waals surface area contributed by atoms with Crippen molar-refractivity contribution < 1.29 is 0 Å². The molecular formula is C14H17N. The Morgan fingerprint density at radius 3 is 2.60 bits per heavy atom. The Balaban J connectivity index is 2.21. The summed E-state index contributed by atoms with van der Waals surface area (Å²) >= 11 is 0. The maximum Gasteiger partial charge on any atom is 0.0407 e. The van der Waals surface area contributed by atoms with Gasteiger partial charge in [0, 0.05) is 18.4 Å². The molecule has 1 aliphatic carbocycles. The number of nitrogens with zero attached hydrogens (tertiary/aromatic N) is 1. The minimum atomic E-state index is 0.649. The molecule has 78 valence electrons. The molecule has 0 saturated heterocycles. The molecule has 0 bridgehead atoms. The second kappa shape index (κ2) is 4.35. The van der Waals surface area contributed by atoms with Crippen LogP contribution in [-0.2, 0) is 0 Å². The van der Waals surface area contributed by atoms with E-state index in [0.717, 1.165) is 6.42 Å². The Morgan fingerprint density at radius 2 is 1.93 bits per heavy atom. The summed E-state index contributed by atoms with van der Waals surface area (Å²) < 4.78 is 0. The number of para-hydroxylation sites is 1. The molecule has 1 atom stereocenters. The van der Waals surface area contributed by atoms with Crippen LogP contribution in [0.3, 0.4) is 0 Å². The molecular weight excluding hydrogens is 182 g/mol. The lowest BCUT2D eigenvalue weighted by molar-refractivity contribution is 0.724. The summed E-state index contributed by atoms with van der Waals surface area (Å²) in [6.45, 7) is 2.25. The van der Waals surface area contributed by atoms with Crippen LogP contribution < -0.4 is 4.90 Å². The molecule has 0 amide bonds. The lowest BCUT2D eigenvalue weighted by Crippen LogP contribution is -2.17. The third-order valence-corrected chi connectivity index (χ3v) is 2.78. The van der Waals surface area contributed by atoms with E-state index in [-0.39, 0.29) is 0 Å². The summed E-state index contributed by atoms with van der Waals surface area (Å²) in [5.74, 6) is 0.649. The van der Waals surface area contributed by atoms with E-state index in [4.69, 9.17) is 0 Å². The fourth-order valence-corrected chi connectivity index (χ4v) is 1.84. The highest BCUT2D eigenvalue weighted by atomic mass is 15.1. The first-order valence-corrected chi connectivity index (χ1v) is 5.44. The van der Waals surface area contributed by atoms with E-state index < -0.39 is 0 Å². The van der Waals surface area contributed by atoms with Gasteiger partial charge in [-0.05, 0) is 30.5 Å². The molecule has 0 N–H and O–H groups in total. The molecule has 1 aromatic carbocycles. The van der Waals surface area contributed by atoms with Crippen LogP contribution in [0.25, 0.3) is 0 Å². The van der Waals surface area contributed by atoms with Gasteiger partial charge in [-0.25, -0.2) is 0 Å². The molecule has 0 spiro atoms. The lowest BCUT2D eigenvalue weighted by Gasteiger charge is -2.24. The van der Waals surface area contributed by atoms with Gasteiger partial charge in [-0.15, -0.1) is 0 Å². The van der Waals surface area contributed by atoms with E-state index in [1.807, 2.05) is 6.07 Å². The second-order valence-corrected chi connectivity index (χ2v) is 4.10. The molecule has 0 fully saturated rings. The monoisotopic (exact) mass is 199 g/mol. The van der Waals surface area contributed by atoms with Crippen molar-refractivity contribution in [3.05, 3.63) is 54.3 Å². The molecule has 0 heterocycles. The van der Waals surface area contributed by atoms with Gasteiger partial charge in [-0.1, -0.05) is 37.3 Å². The Morgan fingerprint density at radius 1 is 1.20 bits per heavy atom. The zero-order chi connectivity index (χ0) is 10.7. The summed E-state index contributed by atoms with van der Waals surface area (Å²) in [4.78, 5) is 2.23. The van der Waals surface area contributed by atoms with Gasteiger partial charge >= 0.3 is 0 Å². The van der Waals surface area contributed by atoms with Gasteiger partial charge in [0.05, 0.1) is 0 Å². The smallest absolute Gasteiger partial charge is 0.0407 e. The highest BCUT2D eigenvalue weighted by Crippen LogP contribution is 2.22. The number of hydrogen-bond acceptors (Lipinski definition) is 1. The van der Waals surface area contributed by atoms with Crippen LogP contribution in [0.2, 0.25) is 0 Å². The normalized spacial score (nSPS) is 19.9. The summed E-state index contributed by atoms with van der Waals surface area (Å²) in [6.07, 6.45) is 7.94. The molecule has 0 saturated carbocycles. The molecule has 15 heavy (non-hydrogen) atoms. The van der Waals surface area contributed by atoms with Crippen molar-refractivity contribution in [2.75, 3.05) is 11.9 Å². The van der Waals surface area contributed by atoms with Gasteiger partial charge in [-0.2, -0.15) is 0 Å². The third-order valence-electron chi connectivity index (χ3n) is 2.78. The summed E-state index contributed by atoms with van der Waals surface area (Å²) in [5, 5.41) is 0. The summed E-state index contributed by atoms with van der Waals surface area (Å²) in [5.41, 5.74) is 2.53. The summed E-state index contributed by atoms with van der Waals surface area (Å²) in [7, 11) is 2.11. The predicted octanol–water partition coefficient (Wildman–Crippen LogP) is 3.60. The Hall–Kier alpha value is -1.50. The third kappa shape index (κ3) is 2.30. The second-order valence-electron chi connectivity index (χ2n) is 4.10. The van der Waals surface area contributed by atoms with E-state index >= 15 is 0 Å². The zero-order valence-corrected chi connectivity index (χ0v) is 9.35. The average molecular weight is 199 g/mol. The SMILES string of the molecule is C[C@H]1C=C(N(C)c2ccccc2)C=CC1. The van der Waals surface area contributed by atoms with Gasteiger partial charge in [0.2, 0.25) is 0 Å². The first-order chi connectivity index (χ1) is 7.27. The topological polar surface area (TPSA) is 3.24 Å². The molecule has 0 aromatic heterocycles. The van der Waals surface area contributed by atoms with Crippen molar-refractivity contribution in [3.63, 3.8) is 0 Å². The van der Waals surface area contributed by atoms with Crippen molar-refractivity contribution in [1.29, 1.82) is 0 Å². The van der Waals surface area contributed by atoms with Gasteiger partial charge < -0.3 is 4.90 Å². The van der Waals surface area contributed by atoms with Crippen LogP contribution in [-0.4, -0.2) is 7.05 Å². The van der Waals surface area contributed by atoms with Crippen molar-refractivity contribution >= 4 is 5.69 Å². The number of likely N-dealkylation sites (N-methyl/N-ethyl adjacent to an activating group) is 1. The van der Waals surface area contributed by atoms with Crippen LogP contribution in [0, 0.1) is 5.92 Å². The highest BCUT2D eigenvalue weighted by molar-refractivity contribution is 5.54. The van der Waals surface area contributed by atoms with Gasteiger partial charge in [0.25, 0.3) is 0 Å². The van der Waals surface area contributed by atoms with Crippen molar-refractivity contribution in [2.24, 2.45) is 5.92 Å². The Labute approximate surface area is 91.7 Å². The number of rotatable bonds is 2. The Kier molecular flexibility index (Phi) is 2.91. The summed E-state index contributed by atoms with van der Waals surface area (Å²) in [6, 6.07) is 10.5. The van der Waals surface area contributed by atoms with E-state index in [2.05, 4.69) is 61.4 Å². The first kappa shape index (κ1) is 10.0. The molecule has 2 rings (SSSR count). The molecule has 0 unspecified atom stereocenters.